The third kappa shape index (κ3) is 3.43. The Balaban J connectivity index is 1.81. The molecule has 4 rings (SSSR count). The van der Waals surface area contributed by atoms with Crippen molar-refractivity contribution >= 4 is 11.6 Å². The van der Waals surface area contributed by atoms with Gasteiger partial charge >= 0.3 is 0 Å². The van der Waals surface area contributed by atoms with Crippen molar-refractivity contribution in [2.24, 2.45) is 5.73 Å². The van der Waals surface area contributed by atoms with Crippen LogP contribution in [0.1, 0.15) is 11.1 Å². The van der Waals surface area contributed by atoms with Crippen LogP contribution in [0.4, 0.5) is 10.1 Å². The molecule has 3 aromatic carbocycles. The number of anilines is 1. The number of carbonyl (C=O) groups is 1. The molecular formula is C23H21FN2O3. The van der Waals surface area contributed by atoms with Gasteiger partial charge in [0, 0.05) is 12.1 Å². The summed E-state index contributed by atoms with van der Waals surface area (Å²) in [5, 5.41) is 2.83. The Bertz CT molecular complexity index is 1110. The lowest BCUT2D eigenvalue weighted by Gasteiger charge is -2.19. The lowest BCUT2D eigenvalue weighted by molar-refractivity contribution is -0.118. The zero-order valence-electron chi connectivity index (χ0n) is 16.2. The number of nitrogens with two attached hydrogens (primary N) is 1. The molecule has 0 saturated heterocycles. The molecule has 3 N–H and O–H groups in total. The van der Waals surface area contributed by atoms with Gasteiger partial charge in [0.05, 0.1) is 12.8 Å². The minimum Gasteiger partial charge on any atom is -0.496 e. The molecule has 0 unspecified atom stereocenters. The van der Waals surface area contributed by atoms with Crippen molar-refractivity contribution in [2.75, 3.05) is 19.0 Å². The van der Waals surface area contributed by atoms with E-state index in [0.29, 0.717) is 28.3 Å². The second kappa shape index (κ2) is 7.56. The maximum atomic E-state index is 14.5. The van der Waals surface area contributed by atoms with Crippen LogP contribution in [0.2, 0.25) is 0 Å². The van der Waals surface area contributed by atoms with E-state index in [-0.39, 0.29) is 24.9 Å². The fraction of sp³-hybridized carbons (Fsp3) is 0.174. The SMILES string of the molecule is COc1cc(-c2cccc(-c3ccc4c(c3)NC(=O)CO4)c2C)cc(F)c1CN. The van der Waals surface area contributed by atoms with Crippen molar-refractivity contribution in [3.05, 3.63) is 65.5 Å². The van der Waals surface area contributed by atoms with Gasteiger partial charge in [-0.15, -0.1) is 0 Å². The predicted molar refractivity (Wildman–Crippen MR) is 111 cm³/mol. The first-order valence-corrected chi connectivity index (χ1v) is 9.25. The number of methoxy groups -OCH3 is 1. The van der Waals surface area contributed by atoms with E-state index < -0.39 is 0 Å². The average molecular weight is 392 g/mol. The van der Waals surface area contributed by atoms with E-state index in [1.807, 2.05) is 43.3 Å². The minimum atomic E-state index is -0.389. The van der Waals surface area contributed by atoms with Crippen LogP contribution < -0.4 is 20.5 Å². The molecule has 148 valence electrons. The topological polar surface area (TPSA) is 73.6 Å². The molecule has 1 amide bonds. The molecule has 0 bridgehead atoms. The highest BCUT2D eigenvalue weighted by molar-refractivity contribution is 5.96. The summed E-state index contributed by atoms with van der Waals surface area (Å²) in [4.78, 5) is 11.6. The van der Waals surface area contributed by atoms with Crippen LogP contribution in [0.5, 0.6) is 11.5 Å². The summed E-state index contributed by atoms with van der Waals surface area (Å²) in [5.74, 6) is 0.510. The number of benzene rings is 3. The number of amides is 1. The van der Waals surface area contributed by atoms with E-state index >= 15 is 0 Å². The van der Waals surface area contributed by atoms with Crippen molar-refractivity contribution in [3.8, 4) is 33.8 Å². The van der Waals surface area contributed by atoms with Gasteiger partial charge in [-0.25, -0.2) is 4.39 Å². The molecule has 0 saturated carbocycles. The fourth-order valence-corrected chi connectivity index (χ4v) is 3.66. The first-order chi connectivity index (χ1) is 14.0. The third-order valence-corrected chi connectivity index (χ3v) is 5.15. The van der Waals surface area contributed by atoms with Gasteiger partial charge in [0.1, 0.15) is 17.3 Å². The quantitative estimate of drug-likeness (QED) is 0.696. The molecule has 0 radical (unpaired) electrons. The number of rotatable bonds is 4. The molecule has 29 heavy (non-hydrogen) atoms. The number of hydrogen-bond donors (Lipinski definition) is 2. The summed E-state index contributed by atoms with van der Waals surface area (Å²) in [6.07, 6.45) is 0. The van der Waals surface area contributed by atoms with Gasteiger partial charge in [-0.1, -0.05) is 24.3 Å². The Kier molecular flexibility index (Phi) is 4.94. The van der Waals surface area contributed by atoms with Crippen LogP contribution in [0, 0.1) is 12.7 Å². The smallest absolute Gasteiger partial charge is 0.262 e. The van der Waals surface area contributed by atoms with Gasteiger partial charge in [-0.05, 0) is 59.0 Å². The molecule has 6 heteroatoms. The Morgan fingerprint density at radius 1 is 1.14 bits per heavy atom. The third-order valence-electron chi connectivity index (χ3n) is 5.15. The average Bonchev–Trinajstić information content (AvgIpc) is 2.72. The van der Waals surface area contributed by atoms with Gasteiger partial charge in [0.2, 0.25) is 0 Å². The lowest BCUT2D eigenvalue weighted by Crippen LogP contribution is -2.25. The molecule has 1 heterocycles. The molecule has 5 nitrogen and oxygen atoms in total. The molecule has 0 fully saturated rings. The Hall–Kier alpha value is -3.38. The van der Waals surface area contributed by atoms with Crippen molar-refractivity contribution in [3.63, 3.8) is 0 Å². The highest BCUT2D eigenvalue weighted by atomic mass is 19.1. The van der Waals surface area contributed by atoms with E-state index in [1.165, 1.54) is 13.2 Å². The van der Waals surface area contributed by atoms with E-state index in [9.17, 15) is 9.18 Å². The van der Waals surface area contributed by atoms with Crippen LogP contribution >= 0.6 is 0 Å². The Morgan fingerprint density at radius 2 is 1.90 bits per heavy atom. The number of nitrogens with one attached hydrogen (secondary N) is 1. The molecular weight excluding hydrogens is 371 g/mol. The summed E-state index contributed by atoms with van der Waals surface area (Å²) in [6, 6.07) is 14.8. The molecule has 0 atom stereocenters. The van der Waals surface area contributed by atoms with E-state index in [2.05, 4.69) is 5.32 Å². The second-order valence-corrected chi connectivity index (χ2v) is 6.87. The second-order valence-electron chi connectivity index (χ2n) is 6.87. The summed E-state index contributed by atoms with van der Waals surface area (Å²) >= 11 is 0. The Morgan fingerprint density at radius 3 is 2.62 bits per heavy atom. The fourth-order valence-electron chi connectivity index (χ4n) is 3.66. The molecule has 0 aromatic heterocycles. The van der Waals surface area contributed by atoms with Crippen LogP contribution in [-0.2, 0) is 11.3 Å². The normalized spacial score (nSPS) is 12.8. The van der Waals surface area contributed by atoms with Crippen LogP contribution in [0.3, 0.4) is 0 Å². The number of fused-ring (bicyclic) bond motifs is 1. The molecule has 1 aliphatic heterocycles. The zero-order chi connectivity index (χ0) is 20.5. The summed E-state index contributed by atoms with van der Waals surface area (Å²) in [5.41, 5.74) is 11.1. The zero-order valence-corrected chi connectivity index (χ0v) is 16.2. The number of ether oxygens (including phenoxy) is 2. The summed E-state index contributed by atoms with van der Waals surface area (Å²) in [7, 11) is 1.50. The van der Waals surface area contributed by atoms with E-state index in [4.69, 9.17) is 15.2 Å². The van der Waals surface area contributed by atoms with Crippen molar-refractivity contribution in [2.45, 2.75) is 13.5 Å². The lowest BCUT2D eigenvalue weighted by atomic mass is 9.91. The molecule has 1 aliphatic rings. The summed E-state index contributed by atoms with van der Waals surface area (Å²) < 4.78 is 25.3. The van der Waals surface area contributed by atoms with Gasteiger partial charge in [0.15, 0.2) is 6.61 Å². The van der Waals surface area contributed by atoms with Crippen molar-refractivity contribution < 1.29 is 18.7 Å². The molecule has 0 spiro atoms. The van der Waals surface area contributed by atoms with Crippen LogP contribution in [0.15, 0.2) is 48.5 Å². The Labute approximate surface area is 168 Å². The van der Waals surface area contributed by atoms with E-state index in [1.54, 1.807) is 6.07 Å². The van der Waals surface area contributed by atoms with Crippen molar-refractivity contribution in [1.29, 1.82) is 0 Å². The first kappa shape index (κ1) is 19.0. The summed E-state index contributed by atoms with van der Waals surface area (Å²) in [6.45, 7) is 2.07. The van der Waals surface area contributed by atoms with Crippen LogP contribution in [-0.4, -0.2) is 19.6 Å². The van der Waals surface area contributed by atoms with Gasteiger partial charge in [-0.2, -0.15) is 0 Å². The van der Waals surface area contributed by atoms with Gasteiger partial charge in [-0.3, -0.25) is 4.79 Å². The maximum absolute atomic E-state index is 14.5. The van der Waals surface area contributed by atoms with Crippen LogP contribution in [0.25, 0.3) is 22.3 Å². The van der Waals surface area contributed by atoms with Crippen molar-refractivity contribution in [1.82, 2.24) is 0 Å². The predicted octanol–water partition coefficient (Wildman–Crippen LogP) is 4.27. The number of halogens is 1. The van der Waals surface area contributed by atoms with E-state index in [0.717, 1.165) is 22.3 Å². The minimum absolute atomic E-state index is 0.0209. The van der Waals surface area contributed by atoms with Gasteiger partial charge < -0.3 is 20.5 Å². The molecule has 3 aromatic rings. The molecule has 0 aliphatic carbocycles. The van der Waals surface area contributed by atoms with Gasteiger partial charge in [0.25, 0.3) is 5.91 Å². The standard InChI is InChI=1S/C23H21FN2O3/c1-13-16(14-6-7-21-20(9-14)26-23(27)12-29-21)4-3-5-17(13)15-8-19(24)18(11-25)22(10-15)28-2/h3-10H,11-12,25H2,1-2H3,(H,26,27). The largest absolute Gasteiger partial charge is 0.496 e. The number of carbonyl (C=O) groups excluding carboxylic acids is 1. The number of hydrogen-bond acceptors (Lipinski definition) is 4. The monoisotopic (exact) mass is 392 g/mol. The first-order valence-electron chi connectivity index (χ1n) is 9.25. The highest BCUT2D eigenvalue weighted by Crippen LogP contribution is 2.38. The highest BCUT2D eigenvalue weighted by Gasteiger charge is 2.18. The maximum Gasteiger partial charge on any atom is 0.262 e.